The van der Waals surface area contributed by atoms with E-state index < -0.39 is 11.9 Å². The van der Waals surface area contributed by atoms with Crippen LogP contribution >= 0.6 is 0 Å². The van der Waals surface area contributed by atoms with Crippen LogP contribution in [0.25, 0.3) is 0 Å². The fourth-order valence-corrected chi connectivity index (χ4v) is 2.89. The largest absolute Gasteiger partial charge is 0.492 e. The molecule has 6 nitrogen and oxygen atoms in total. The molecule has 0 radical (unpaired) electrons. The van der Waals surface area contributed by atoms with E-state index in [0.717, 1.165) is 0 Å². The molecule has 0 saturated carbocycles. The molecular weight excluding hydrogens is 351 g/mol. The van der Waals surface area contributed by atoms with Gasteiger partial charge in [0.15, 0.2) is 6.10 Å². The van der Waals surface area contributed by atoms with E-state index in [1.54, 1.807) is 30.9 Å². The van der Waals surface area contributed by atoms with E-state index in [2.05, 4.69) is 5.32 Å². The number of carbonyl (C=O) groups excluding carboxylic acids is 2. The number of para-hydroxylation sites is 2. The molecule has 142 valence electrons. The first kappa shape index (κ1) is 18.7. The van der Waals surface area contributed by atoms with Gasteiger partial charge in [-0.25, -0.2) is 4.39 Å². The number of nitrogens with one attached hydrogen (secondary N) is 1. The smallest absolute Gasteiger partial charge is 0.267 e. The lowest BCUT2D eigenvalue weighted by Gasteiger charge is -2.32. The third-order valence-corrected chi connectivity index (χ3v) is 4.15. The standard InChI is InChI=1S/C20H21FN2O4/c1-3-26-18-12-14(21)8-9-15(18)22-19(24)10-11-23-16-6-4-5-7-17(16)27-13(2)20(23)25/h4-9,12-13H,3,10-11H2,1-2H3,(H,22,24). The summed E-state index contributed by atoms with van der Waals surface area (Å²) in [5, 5.41) is 2.71. The number of rotatable bonds is 6. The molecule has 0 aliphatic carbocycles. The van der Waals surface area contributed by atoms with Gasteiger partial charge in [0.2, 0.25) is 5.91 Å². The van der Waals surface area contributed by atoms with Gasteiger partial charge in [0, 0.05) is 19.0 Å². The Morgan fingerprint density at radius 1 is 1.30 bits per heavy atom. The van der Waals surface area contributed by atoms with Gasteiger partial charge in [-0.15, -0.1) is 0 Å². The average molecular weight is 372 g/mol. The highest BCUT2D eigenvalue weighted by atomic mass is 19.1. The average Bonchev–Trinajstić information content (AvgIpc) is 2.64. The molecular formula is C20H21FN2O4. The molecule has 7 heteroatoms. The maximum Gasteiger partial charge on any atom is 0.267 e. The topological polar surface area (TPSA) is 67.9 Å². The Kier molecular flexibility index (Phi) is 5.59. The molecule has 0 fully saturated rings. The Bertz CT molecular complexity index is 856. The number of amides is 2. The van der Waals surface area contributed by atoms with E-state index in [0.29, 0.717) is 23.7 Å². The van der Waals surface area contributed by atoms with E-state index in [1.165, 1.54) is 18.2 Å². The minimum Gasteiger partial charge on any atom is -0.492 e. The van der Waals surface area contributed by atoms with Crippen LogP contribution < -0.4 is 19.7 Å². The van der Waals surface area contributed by atoms with Crippen molar-refractivity contribution >= 4 is 23.2 Å². The Labute approximate surface area is 156 Å². The van der Waals surface area contributed by atoms with Crippen molar-refractivity contribution in [2.24, 2.45) is 0 Å². The summed E-state index contributed by atoms with van der Waals surface area (Å²) in [5.74, 6) is -0.0549. The van der Waals surface area contributed by atoms with Crippen LogP contribution in [0.1, 0.15) is 20.3 Å². The Morgan fingerprint density at radius 2 is 2.07 bits per heavy atom. The number of fused-ring (bicyclic) bond motifs is 1. The molecule has 1 atom stereocenters. The monoisotopic (exact) mass is 372 g/mol. The van der Waals surface area contributed by atoms with Crippen LogP contribution in [0.4, 0.5) is 15.8 Å². The number of benzene rings is 2. The quantitative estimate of drug-likeness (QED) is 0.844. The van der Waals surface area contributed by atoms with Gasteiger partial charge in [-0.2, -0.15) is 0 Å². The molecule has 2 aromatic carbocycles. The van der Waals surface area contributed by atoms with Crippen LogP contribution in [0.2, 0.25) is 0 Å². The molecule has 0 saturated heterocycles. The van der Waals surface area contributed by atoms with Crippen molar-refractivity contribution in [1.82, 2.24) is 0 Å². The van der Waals surface area contributed by atoms with E-state index >= 15 is 0 Å². The van der Waals surface area contributed by atoms with Crippen molar-refractivity contribution in [2.45, 2.75) is 26.4 Å². The summed E-state index contributed by atoms with van der Waals surface area (Å²) in [5.41, 5.74) is 1.04. The minimum absolute atomic E-state index is 0.0791. The molecule has 1 unspecified atom stereocenters. The summed E-state index contributed by atoms with van der Waals surface area (Å²) in [4.78, 5) is 26.4. The van der Waals surface area contributed by atoms with E-state index in [1.807, 2.05) is 12.1 Å². The van der Waals surface area contributed by atoms with Crippen molar-refractivity contribution in [1.29, 1.82) is 0 Å². The molecule has 0 aromatic heterocycles. The van der Waals surface area contributed by atoms with Gasteiger partial charge in [-0.05, 0) is 38.1 Å². The zero-order valence-corrected chi connectivity index (χ0v) is 15.2. The van der Waals surface area contributed by atoms with Crippen LogP contribution in [0.15, 0.2) is 42.5 Å². The maximum atomic E-state index is 13.4. The number of hydrogen-bond acceptors (Lipinski definition) is 4. The van der Waals surface area contributed by atoms with Crippen molar-refractivity contribution in [2.75, 3.05) is 23.4 Å². The van der Waals surface area contributed by atoms with Crippen LogP contribution in [0, 0.1) is 5.82 Å². The fourth-order valence-electron chi connectivity index (χ4n) is 2.89. The zero-order valence-electron chi connectivity index (χ0n) is 15.2. The van der Waals surface area contributed by atoms with Crippen molar-refractivity contribution in [3.05, 3.63) is 48.3 Å². The van der Waals surface area contributed by atoms with Crippen LogP contribution in [0.3, 0.4) is 0 Å². The second-order valence-electron chi connectivity index (χ2n) is 6.09. The van der Waals surface area contributed by atoms with E-state index in [9.17, 15) is 14.0 Å². The normalized spacial score (nSPS) is 15.7. The molecule has 2 aromatic rings. The number of ether oxygens (including phenoxy) is 2. The second-order valence-corrected chi connectivity index (χ2v) is 6.09. The highest BCUT2D eigenvalue weighted by molar-refractivity contribution is 6.01. The molecule has 27 heavy (non-hydrogen) atoms. The van der Waals surface area contributed by atoms with Gasteiger partial charge in [0.25, 0.3) is 5.91 Å². The van der Waals surface area contributed by atoms with Gasteiger partial charge in [-0.1, -0.05) is 12.1 Å². The predicted molar refractivity (Wildman–Crippen MR) is 99.7 cm³/mol. The first-order chi connectivity index (χ1) is 13.0. The summed E-state index contributed by atoms with van der Waals surface area (Å²) < 4.78 is 24.3. The third kappa shape index (κ3) is 4.19. The highest BCUT2D eigenvalue weighted by Gasteiger charge is 2.31. The van der Waals surface area contributed by atoms with Gasteiger partial charge in [-0.3, -0.25) is 9.59 Å². The Hall–Kier alpha value is -3.09. The molecule has 1 aliphatic rings. The van der Waals surface area contributed by atoms with Crippen LogP contribution in [-0.2, 0) is 9.59 Å². The first-order valence-corrected chi connectivity index (χ1v) is 8.79. The summed E-state index contributed by atoms with van der Waals surface area (Å²) in [7, 11) is 0. The number of halogens is 1. The lowest BCUT2D eigenvalue weighted by molar-refractivity contribution is -0.125. The molecule has 1 heterocycles. The lowest BCUT2D eigenvalue weighted by atomic mass is 10.1. The van der Waals surface area contributed by atoms with Crippen molar-refractivity contribution < 1.29 is 23.5 Å². The SMILES string of the molecule is CCOc1cc(F)ccc1NC(=O)CCN1C(=O)C(C)Oc2ccccc21. The molecule has 1 N–H and O–H groups in total. The summed E-state index contributed by atoms with van der Waals surface area (Å²) in [6.07, 6.45) is -0.528. The van der Waals surface area contributed by atoms with Gasteiger partial charge in [0.05, 0.1) is 18.0 Å². The highest BCUT2D eigenvalue weighted by Crippen LogP contribution is 2.33. The summed E-state index contributed by atoms with van der Waals surface area (Å²) in [6, 6.07) is 11.1. The first-order valence-electron chi connectivity index (χ1n) is 8.79. The zero-order chi connectivity index (χ0) is 19.4. The van der Waals surface area contributed by atoms with Gasteiger partial charge in [0.1, 0.15) is 17.3 Å². The Balaban J connectivity index is 1.68. The second kappa shape index (κ2) is 8.07. The molecule has 1 aliphatic heterocycles. The van der Waals surface area contributed by atoms with Gasteiger partial charge >= 0.3 is 0 Å². The molecule has 0 spiro atoms. The van der Waals surface area contributed by atoms with Crippen molar-refractivity contribution in [3.63, 3.8) is 0 Å². The van der Waals surface area contributed by atoms with E-state index in [4.69, 9.17) is 9.47 Å². The predicted octanol–water partition coefficient (Wildman–Crippen LogP) is 3.37. The fraction of sp³-hybridized carbons (Fsp3) is 0.300. The molecule has 3 rings (SSSR count). The number of carbonyl (C=O) groups is 2. The molecule has 2 amide bonds. The molecule has 0 bridgehead atoms. The maximum absolute atomic E-state index is 13.4. The Morgan fingerprint density at radius 3 is 2.85 bits per heavy atom. The van der Waals surface area contributed by atoms with Crippen LogP contribution in [0.5, 0.6) is 11.5 Å². The number of nitrogens with zero attached hydrogens (tertiary/aromatic N) is 1. The number of anilines is 2. The van der Waals surface area contributed by atoms with Crippen molar-refractivity contribution in [3.8, 4) is 11.5 Å². The lowest BCUT2D eigenvalue weighted by Crippen LogP contribution is -2.45. The number of hydrogen-bond donors (Lipinski definition) is 1. The third-order valence-electron chi connectivity index (χ3n) is 4.15. The van der Waals surface area contributed by atoms with Gasteiger partial charge < -0.3 is 19.7 Å². The summed E-state index contributed by atoms with van der Waals surface area (Å²) >= 11 is 0. The van der Waals surface area contributed by atoms with E-state index in [-0.39, 0.29) is 30.5 Å². The minimum atomic E-state index is -0.607. The summed E-state index contributed by atoms with van der Waals surface area (Å²) in [6.45, 7) is 4.02. The van der Waals surface area contributed by atoms with Crippen LogP contribution in [-0.4, -0.2) is 31.1 Å².